The number of nitrogens with zero attached hydrogens (tertiary/aromatic N) is 2. The number of hydrogen-bond donors (Lipinski definition) is 2. The molecule has 1 amide bonds. The minimum Gasteiger partial charge on any atom is -0.388 e. The Balaban J connectivity index is 1.88. The van der Waals surface area contributed by atoms with E-state index in [0.717, 1.165) is 17.7 Å². The predicted octanol–water partition coefficient (Wildman–Crippen LogP) is 2.38. The van der Waals surface area contributed by atoms with E-state index in [9.17, 15) is 9.90 Å². The molecule has 0 saturated carbocycles. The molecule has 0 radical (unpaired) electrons. The van der Waals surface area contributed by atoms with Crippen molar-refractivity contribution in [3.8, 4) is 0 Å². The minimum atomic E-state index is -0.836. The van der Waals surface area contributed by atoms with E-state index in [1.165, 1.54) is 0 Å². The van der Waals surface area contributed by atoms with Crippen molar-refractivity contribution in [3.63, 3.8) is 0 Å². The quantitative estimate of drug-likeness (QED) is 0.858. The van der Waals surface area contributed by atoms with Crippen LogP contribution >= 0.6 is 11.6 Å². The van der Waals surface area contributed by atoms with Gasteiger partial charge in [0.15, 0.2) is 0 Å². The Morgan fingerprint density at radius 1 is 1.41 bits per heavy atom. The van der Waals surface area contributed by atoms with Crippen LogP contribution in [0.2, 0.25) is 5.02 Å². The van der Waals surface area contributed by atoms with Gasteiger partial charge in [-0.05, 0) is 24.1 Å². The molecule has 118 valence electrons. The van der Waals surface area contributed by atoms with Crippen LogP contribution in [0.25, 0.3) is 0 Å². The first kappa shape index (κ1) is 16.5. The first-order chi connectivity index (χ1) is 10.5. The summed E-state index contributed by atoms with van der Waals surface area (Å²) in [4.78, 5) is 11.9. The van der Waals surface area contributed by atoms with E-state index in [2.05, 4.69) is 10.4 Å². The zero-order valence-electron chi connectivity index (χ0n) is 12.7. The summed E-state index contributed by atoms with van der Waals surface area (Å²) in [5, 5.41) is 17.8. The van der Waals surface area contributed by atoms with E-state index in [1.807, 2.05) is 20.2 Å². The number of hydrogen-bond acceptors (Lipinski definition) is 3. The SMILES string of the molecule is CCc1nn(C)cc1CNC(=O)CC(O)c1ccc(Cl)cc1. The summed E-state index contributed by atoms with van der Waals surface area (Å²) in [6.07, 6.45) is 1.90. The number of aliphatic hydroxyl groups is 1. The van der Waals surface area contributed by atoms with Crippen molar-refractivity contribution in [2.75, 3.05) is 0 Å². The number of halogens is 1. The average molecular weight is 322 g/mol. The number of benzene rings is 1. The fourth-order valence-electron chi connectivity index (χ4n) is 2.27. The number of aryl methyl sites for hydroxylation is 2. The molecule has 2 rings (SSSR count). The summed E-state index contributed by atoms with van der Waals surface area (Å²) >= 11 is 5.80. The summed E-state index contributed by atoms with van der Waals surface area (Å²) in [6.45, 7) is 2.45. The molecule has 22 heavy (non-hydrogen) atoms. The van der Waals surface area contributed by atoms with Crippen LogP contribution in [0.4, 0.5) is 0 Å². The molecular weight excluding hydrogens is 302 g/mol. The lowest BCUT2D eigenvalue weighted by Crippen LogP contribution is -2.24. The summed E-state index contributed by atoms with van der Waals surface area (Å²) in [5.74, 6) is -0.201. The van der Waals surface area contributed by atoms with Crippen molar-refractivity contribution in [2.24, 2.45) is 7.05 Å². The van der Waals surface area contributed by atoms with Gasteiger partial charge < -0.3 is 10.4 Å². The number of carbonyl (C=O) groups is 1. The Hall–Kier alpha value is -1.85. The smallest absolute Gasteiger partial charge is 0.223 e. The fraction of sp³-hybridized carbons (Fsp3) is 0.375. The van der Waals surface area contributed by atoms with Crippen molar-refractivity contribution in [2.45, 2.75) is 32.4 Å². The van der Waals surface area contributed by atoms with Gasteiger partial charge in [0.25, 0.3) is 0 Å². The van der Waals surface area contributed by atoms with Gasteiger partial charge in [0.05, 0.1) is 18.2 Å². The van der Waals surface area contributed by atoms with E-state index in [1.54, 1.807) is 28.9 Å². The largest absolute Gasteiger partial charge is 0.388 e. The molecule has 0 aliphatic rings. The van der Waals surface area contributed by atoms with Gasteiger partial charge in [0, 0.05) is 30.4 Å². The topological polar surface area (TPSA) is 67.2 Å². The summed E-state index contributed by atoms with van der Waals surface area (Å²) in [5.41, 5.74) is 2.65. The molecule has 0 aliphatic heterocycles. The van der Waals surface area contributed by atoms with Crippen LogP contribution in [0.5, 0.6) is 0 Å². The molecule has 2 aromatic rings. The third kappa shape index (κ3) is 4.32. The van der Waals surface area contributed by atoms with Crippen molar-refractivity contribution in [1.82, 2.24) is 15.1 Å². The average Bonchev–Trinajstić information content (AvgIpc) is 2.86. The minimum absolute atomic E-state index is 0.0172. The maximum absolute atomic E-state index is 11.9. The maximum Gasteiger partial charge on any atom is 0.223 e. The van der Waals surface area contributed by atoms with E-state index in [-0.39, 0.29) is 12.3 Å². The highest BCUT2D eigenvalue weighted by Gasteiger charge is 2.14. The molecule has 0 aliphatic carbocycles. The molecule has 1 atom stereocenters. The number of rotatable bonds is 6. The normalized spacial score (nSPS) is 12.2. The second-order valence-corrected chi connectivity index (χ2v) is 5.61. The standard InChI is InChI=1S/C16H20ClN3O2/c1-3-14-12(10-20(2)19-14)9-18-16(22)8-15(21)11-4-6-13(17)7-5-11/h4-7,10,15,21H,3,8-9H2,1-2H3,(H,18,22). The first-order valence-corrected chi connectivity index (χ1v) is 7.59. The lowest BCUT2D eigenvalue weighted by atomic mass is 10.1. The fourth-order valence-corrected chi connectivity index (χ4v) is 2.40. The zero-order valence-corrected chi connectivity index (χ0v) is 13.5. The third-order valence-electron chi connectivity index (χ3n) is 3.44. The Bertz CT molecular complexity index is 637. The number of amides is 1. The monoisotopic (exact) mass is 321 g/mol. The molecule has 1 heterocycles. The van der Waals surface area contributed by atoms with Crippen LogP contribution in [0, 0.1) is 0 Å². The highest BCUT2D eigenvalue weighted by Crippen LogP contribution is 2.19. The second kappa shape index (κ2) is 7.42. The zero-order chi connectivity index (χ0) is 16.1. The van der Waals surface area contributed by atoms with Crippen LogP contribution in [-0.2, 0) is 24.8 Å². The molecule has 2 N–H and O–H groups in total. The van der Waals surface area contributed by atoms with Crippen molar-refractivity contribution >= 4 is 17.5 Å². The number of aliphatic hydroxyl groups excluding tert-OH is 1. The van der Waals surface area contributed by atoms with E-state index in [0.29, 0.717) is 17.1 Å². The van der Waals surface area contributed by atoms with Crippen LogP contribution in [-0.4, -0.2) is 20.8 Å². The lowest BCUT2D eigenvalue weighted by molar-refractivity contribution is -0.123. The van der Waals surface area contributed by atoms with Crippen LogP contribution in [0.1, 0.15) is 36.3 Å². The van der Waals surface area contributed by atoms with Crippen molar-refractivity contribution in [3.05, 3.63) is 52.3 Å². The summed E-state index contributed by atoms with van der Waals surface area (Å²) < 4.78 is 1.74. The number of carbonyl (C=O) groups excluding carboxylic acids is 1. The first-order valence-electron chi connectivity index (χ1n) is 7.21. The van der Waals surface area contributed by atoms with E-state index < -0.39 is 6.10 Å². The maximum atomic E-state index is 11.9. The highest BCUT2D eigenvalue weighted by atomic mass is 35.5. The Morgan fingerprint density at radius 3 is 2.73 bits per heavy atom. The van der Waals surface area contributed by atoms with Gasteiger partial charge >= 0.3 is 0 Å². The molecule has 1 unspecified atom stereocenters. The Labute approximate surface area is 134 Å². The Kier molecular flexibility index (Phi) is 5.57. The van der Waals surface area contributed by atoms with Gasteiger partial charge in [0.1, 0.15) is 0 Å². The van der Waals surface area contributed by atoms with Gasteiger partial charge in [-0.1, -0.05) is 30.7 Å². The van der Waals surface area contributed by atoms with E-state index in [4.69, 9.17) is 11.6 Å². The number of aromatic nitrogens is 2. The highest BCUT2D eigenvalue weighted by molar-refractivity contribution is 6.30. The van der Waals surface area contributed by atoms with Crippen molar-refractivity contribution in [1.29, 1.82) is 0 Å². The van der Waals surface area contributed by atoms with Crippen LogP contribution < -0.4 is 5.32 Å². The summed E-state index contributed by atoms with van der Waals surface area (Å²) in [6, 6.07) is 6.83. The second-order valence-electron chi connectivity index (χ2n) is 5.18. The molecular formula is C16H20ClN3O2. The van der Waals surface area contributed by atoms with Crippen molar-refractivity contribution < 1.29 is 9.90 Å². The third-order valence-corrected chi connectivity index (χ3v) is 3.69. The number of nitrogens with one attached hydrogen (secondary N) is 1. The van der Waals surface area contributed by atoms with Gasteiger partial charge in [0.2, 0.25) is 5.91 Å². The molecule has 1 aromatic carbocycles. The molecule has 0 spiro atoms. The van der Waals surface area contributed by atoms with Gasteiger partial charge in [-0.3, -0.25) is 9.48 Å². The molecule has 0 fully saturated rings. The van der Waals surface area contributed by atoms with E-state index >= 15 is 0 Å². The molecule has 6 heteroatoms. The molecule has 1 aromatic heterocycles. The predicted molar refractivity (Wildman–Crippen MR) is 85.5 cm³/mol. The summed E-state index contributed by atoms with van der Waals surface area (Å²) in [7, 11) is 1.86. The Morgan fingerprint density at radius 2 is 2.09 bits per heavy atom. The molecule has 0 saturated heterocycles. The van der Waals surface area contributed by atoms with Crippen LogP contribution in [0.3, 0.4) is 0 Å². The molecule has 0 bridgehead atoms. The van der Waals surface area contributed by atoms with Gasteiger partial charge in [-0.25, -0.2) is 0 Å². The van der Waals surface area contributed by atoms with Crippen LogP contribution in [0.15, 0.2) is 30.5 Å². The lowest BCUT2D eigenvalue weighted by Gasteiger charge is -2.11. The van der Waals surface area contributed by atoms with Gasteiger partial charge in [-0.2, -0.15) is 5.10 Å². The van der Waals surface area contributed by atoms with Gasteiger partial charge in [-0.15, -0.1) is 0 Å². The molecule has 5 nitrogen and oxygen atoms in total.